The zero-order valence-corrected chi connectivity index (χ0v) is 11.2. The fourth-order valence-electron chi connectivity index (χ4n) is 1.37. The van der Waals surface area contributed by atoms with E-state index in [1.54, 1.807) is 0 Å². The van der Waals surface area contributed by atoms with Crippen molar-refractivity contribution >= 4 is 28.8 Å². The highest BCUT2D eigenvalue weighted by molar-refractivity contribution is 6.45. The predicted molar refractivity (Wildman–Crippen MR) is 74.3 cm³/mol. The molecule has 0 aliphatic heterocycles. The lowest BCUT2D eigenvalue weighted by Crippen LogP contribution is -2.22. The number of carbonyl (C=O) groups excluding carboxylic acids is 1. The maximum Gasteiger partial charge on any atom is 0.416 e. The van der Waals surface area contributed by atoms with E-state index in [0.717, 1.165) is 12.1 Å². The second-order valence-electron chi connectivity index (χ2n) is 4.04. The highest BCUT2D eigenvalue weighted by Crippen LogP contribution is 2.34. The van der Waals surface area contributed by atoms with Crippen LogP contribution in [-0.4, -0.2) is 17.5 Å². The summed E-state index contributed by atoms with van der Waals surface area (Å²) in [6, 6.07) is 4.05. The summed E-state index contributed by atoms with van der Waals surface area (Å²) in [4.78, 5) is 11.0. The number of alkyl halides is 3. The zero-order chi connectivity index (χ0) is 16.9. The van der Waals surface area contributed by atoms with Gasteiger partial charge < -0.3 is 11.1 Å². The first-order chi connectivity index (χ1) is 10.1. The fourth-order valence-corrected chi connectivity index (χ4v) is 1.37. The number of benzene rings is 1. The zero-order valence-electron chi connectivity index (χ0n) is 11.2. The molecule has 1 aromatic rings. The molecule has 1 aromatic carbocycles. The molecule has 0 aliphatic carbocycles. The van der Waals surface area contributed by atoms with Crippen LogP contribution in [-0.2, 0) is 11.0 Å². The number of amides is 1. The molecule has 0 heterocycles. The van der Waals surface area contributed by atoms with Gasteiger partial charge in [-0.2, -0.15) is 23.5 Å². The SMILES string of the molecule is CC(=O)Nc1ccc(C(F)(F)F)cc1N/N=C(\C#N)C(=N)N. The van der Waals surface area contributed by atoms with E-state index in [9.17, 15) is 18.0 Å². The Balaban J connectivity index is 3.25. The Morgan fingerprint density at radius 1 is 1.41 bits per heavy atom. The van der Waals surface area contributed by atoms with Gasteiger partial charge in [-0.15, -0.1) is 0 Å². The van der Waals surface area contributed by atoms with E-state index in [4.69, 9.17) is 16.4 Å². The standard InChI is InChI=1S/C12H11F3N6O/c1-6(22)19-8-3-2-7(12(13,14)15)4-9(8)20-21-10(5-16)11(17)18/h2-4,20H,1H3,(H3,17,18)(H,19,22)/b21-10+. The number of anilines is 2. The van der Waals surface area contributed by atoms with Gasteiger partial charge in [0.2, 0.25) is 11.6 Å². The van der Waals surface area contributed by atoms with Crippen molar-refractivity contribution in [1.29, 1.82) is 10.7 Å². The van der Waals surface area contributed by atoms with Gasteiger partial charge in [-0.1, -0.05) is 0 Å². The minimum Gasteiger partial charge on any atom is -0.382 e. The number of hydrazone groups is 1. The van der Waals surface area contributed by atoms with Crippen molar-refractivity contribution in [2.45, 2.75) is 13.1 Å². The predicted octanol–water partition coefficient (Wildman–Crippen LogP) is 1.89. The molecule has 116 valence electrons. The number of halogens is 3. The van der Waals surface area contributed by atoms with E-state index in [-0.39, 0.29) is 11.4 Å². The molecule has 1 amide bonds. The Kier molecular flexibility index (Phi) is 5.07. The summed E-state index contributed by atoms with van der Waals surface area (Å²) in [5.74, 6) is -1.15. The highest BCUT2D eigenvalue weighted by Gasteiger charge is 2.31. The van der Waals surface area contributed by atoms with Gasteiger partial charge in [0.25, 0.3) is 0 Å². The van der Waals surface area contributed by atoms with Crippen LogP contribution in [0.2, 0.25) is 0 Å². The number of rotatable bonds is 4. The first-order valence-electron chi connectivity index (χ1n) is 5.72. The molecular formula is C12H11F3N6O. The molecule has 5 N–H and O–H groups in total. The van der Waals surface area contributed by atoms with Gasteiger partial charge in [-0.25, -0.2) is 0 Å². The summed E-state index contributed by atoms with van der Waals surface area (Å²) in [5.41, 5.74) is 5.62. The quantitative estimate of drug-likeness (QED) is 0.384. The Hall–Kier alpha value is -3.09. The lowest BCUT2D eigenvalue weighted by molar-refractivity contribution is -0.137. The van der Waals surface area contributed by atoms with Gasteiger partial charge in [-0.05, 0) is 18.2 Å². The number of nitrogens with one attached hydrogen (secondary N) is 3. The molecule has 0 bridgehead atoms. The van der Waals surface area contributed by atoms with Crippen LogP contribution in [0.15, 0.2) is 23.3 Å². The highest BCUT2D eigenvalue weighted by atomic mass is 19.4. The summed E-state index contributed by atoms with van der Waals surface area (Å²) in [5, 5.41) is 21.5. The average molecular weight is 312 g/mol. The fraction of sp³-hybridized carbons (Fsp3) is 0.167. The molecular weight excluding hydrogens is 301 g/mol. The Morgan fingerprint density at radius 3 is 2.50 bits per heavy atom. The van der Waals surface area contributed by atoms with Gasteiger partial charge in [0.05, 0.1) is 16.9 Å². The Morgan fingerprint density at radius 2 is 2.05 bits per heavy atom. The van der Waals surface area contributed by atoms with E-state index >= 15 is 0 Å². The first kappa shape index (κ1) is 17.0. The van der Waals surface area contributed by atoms with Crippen LogP contribution in [0.1, 0.15) is 12.5 Å². The van der Waals surface area contributed by atoms with Gasteiger partial charge in [-0.3, -0.25) is 15.6 Å². The number of carbonyl (C=O) groups is 1. The number of hydrogen-bond acceptors (Lipinski definition) is 5. The van der Waals surface area contributed by atoms with Crippen molar-refractivity contribution in [3.63, 3.8) is 0 Å². The lowest BCUT2D eigenvalue weighted by Gasteiger charge is -2.13. The molecule has 0 atom stereocenters. The van der Waals surface area contributed by atoms with Crippen molar-refractivity contribution in [3.8, 4) is 6.07 Å². The van der Waals surface area contributed by atoms with Crippen LogP contribution in [0.3, 0.4) is 0 Å². The number of hydrogen-bond donors (Lipinski definition) is 4. The number of nitrogens with zero attached hydrogens (tertiary/aromatic N) is 2. The molecule has 7 nitrogen and oxygen atoms in total. The third-order valence-corrected chi connectivity index (χ3v) is 2.31. The summed E-state index contributed by atoms with van der Waals surface area (Å²) in [6.45, 7) is 1.18. The van der Waals surface area contributed by atoms with Gasteiger partial charge in [0.1, 0.15) is 6.07 Å². The molecule has 0 unspecified atom stereocenters. The van der Waals surface area contributed by atoms with Gasteiger partial charge in [0, 0.05) is 6.92 Å². The van der Waals surface area contributed by atoms with Crippen LogP contribution < -0.4 is 16.5 Å². The molecule has 0 aliphatic rings. The van der Waals surface area contributed by atoms with Crippen molar-refractivity contribution in [1.82, 2.24) is 0 Å². The minimum absolute atomic E-state index is 0.0325. The van der Waals surface area contributed by atoms with E-state index in [1.165, 1.54) is 13.0 Å². The molecule has 0 radical (unpaired) electrons. The number of amidine groups is 1. The topological polar surface area (TPSA) is 127 Å². The van der Waals surface area contributed by atoms with Crippen molar-refractivity contribution in [2.75, 3.05) is 10.7 Å². The van der Waals surface area contributed by atoms with E-state index in [2.05, 4.69) is 15.8 Å². The second-order valence-corrected chi connectivity index (χ2v) is 4.04. The molecule has 0 saturated carbocycles. The molecule has 1 rings (SSSR count). The molecule has 22 heavy (non-hydrogen) atoms. The molecule has 0 fully saturated rings. The number of nitriles is 1. The maximum absolute atomic E-state index is 12.7. The van der Waals surface area contributed by atoms with Gasteiger partial charge in [0.15, 0.2) is 5.84 Å². The Labute approximate surface area is 123 Å². The van der Waals surface area contributed by atoms with Crippen LogP contribution >= 0.6 is 0 Å². The van der Waals surface area contributed by atoms with Crippen molar-refractivity contribution in [3.05, 3.63) is 23.8 Å². The minimum atomic E-state index is -4.59. The molecule has 0 aromatic heterocycles. The van der Waals surface area contributed by atoms with Crippen LogP contribution in [0.25, 0.3) is 0 Å². The van der Waals surface area contributed by atoms with Crippen LogP contribution in [0.4, 0.5) is 24.5 Å². The third-order valence-electron chi connectivity index (χ3n) is 2.31. The van der Waals surface area contributed by atoms with Crippen molar-refractivity contribution < 1.29 is 18.0 Å². The van der Waals surface area contributed by atoms with Crippen molar-refractivity contribution in [2.24, 2.45) is 10.8 Å². The van der Waals surface area contributed by atoms with E-state index in [0.29, 0.717) is 6.07 Å². The summed E-state index contributed by atoms with van der Waals surface area (Å²) in [6.07, 6.45) is -4.59. The molecule has 10 heteroatoms. The van der Waals surface area contributed by atoms with Gasteiger partial charge >= 0.3 is 6.18 Å². The van der Waals surface area contributed by atoms with E-state index < -0.39 is 29.2 Å². The third kappa shape index (κ3) is 4.48. The Bertz CT molecular complexity index is 674. The lowest BCUT2D eigenvalue weighted by atomic mass is 10.1. The summed E-state index contributed by atoms with van der Waals surface area (Å²) >= 11 is 0. The maximum atomic E-state index is 12.7. The van der Waals surface area contributed by atoms with E-state index in [1.807, 2.05) is 0 Å². The molecule has 0 saturated heterocycles. The summed E-state index contributed by atoms with van der Waals surface area (Å²) in [7, 11) is 0. The monoisotopic (exact) mass is 312 g/mol. The normalized spacial score (nSPS) is 11.5. The molecule has 0 spiro atoms. The first-order valence-corrected chi connectivity index (χ1v) is 5.72. The largest absolute Gasteiger partial charge is 0.416 e. The average Bonchev–Trinajstić information content (AvgIpc) is 2.38. The van der Waals surface area contributed by atoms with Crippen LogP contribution in [0.5, 0.6) is 0 Å². The van der Waals surface area contributed by atoms with Crippen LogP contribution in [0, 0.1) is 16.7 Å². The second kappa shape index (κ2) is 6.57. The summed E-state index contributed by atoms with van der Waals surface area (Å²) < 4.78 is 38.1. The smallest absolute Gasteiger partial charge is 0.382 e. The number of nitrogens with two attached hydrogens (primary N) is 1.